The minimum absolute atomic E-state index is 0.424. The lowest BCUT2D eigenvalue weighted by Crippen LogP contribution is -2.51. The summed E-state index contributed by atoms with van der Waals surface area (Å²) >= 11 is 0. The highest BCUT2D eigenvalue weighted by atomic mass is 32.2. The van der Waals surface area contributed by atoms with E-state index in [0.29, 0.717) is 12.8 Å². The number of rotatable bonds is 4. The van der Waals surface area contributed by atoms with Gasteiger partial charge in [-0.2, -0.15) is 0 Å². The van der Waals surface area contributed by atoms with E-state index in [1.807, 2.05) is 0 Å². The molecule has 0 heterocycles. The fourth-order valence-corrected chi connectivity index (χ4v) is 3.99. The van der Waals surface area contributed by atoms with Crippen LogP contribution in [-0.2, 0) is 14.8 Å². The van der Waals surface area contributed by atoms with E-state index < -0.39 is 32.7 Å². The van der Waals surface area contributed by atoms with E-state index in [4.69, 9.17) is 5.11 Å². The third kappa shape index (κ3) is 3.67. The van der Waals surface area contributed by atoms with Gasteiger partial charge in [-0.25, -0.2) is 13.1 Å². The smallest absolute Gasteiger partial charge is 0.322 e. The van der Waals surface area contributed by atoms with E-state index in [1.54, 1.807) is 20.8 Å². The van der Waals surface area contributed by atoms with Crippen molar-refractivity contribution in [1.82, 2.24) is 4.72 Å². The van der Waals surface area contributed by atoms with E-state index >= 15 is 0 Å². The molecule has 1 rings (SSSR count). The molecule has 100 valence electrons. The zero-order valence-corrected chi connectivity index (χ0v) is 11.4. The van der Waals surface area contributed by atoms with Crippen molar-refractivity contribution >= 4 is 16.0 Å². The Labute approximate surface area is 103 Å². The molecule has 0 bridgehead atoms. The predicted octanol–water partition coefficient (Wildman–Crippen LogP) is 1.35. The lowest BCUT2D eigenvalue weighted by atomic mass is 9.88. The third-order valence-electron chi connectivity index (χ3n) is 3.14. The van der Waals surface area contributed by atoms with Crippen molar-refractivity contribution in [2.45, 2.75) is 57.7 Å². The van der Waals surface area contributed by atoms with Gasteiger partial charge in [-0.05, 0) is 18.3 Å². The second-order valence-corrected chi connectivity index (χ2v) is 7.70. The van der Waals surface area contributed by atoms with Gasteiger partial charge in [0.1, 0.15) is 6.04 Å². The molecule has 0 saturated heterocycles. The van der Waals surface area contributed by atoms with Crippen LogP contribution in [0.2, 0.25) is 0 Å². The maximum Gasteiger partial charge on any atom is 0.322 e. The first-order valence-electron chi connectivity index (χ1n) is 5.88. The highest BCUT2D eigenvalue weighted by molar-refractivity contribution is 7.90. The summed E-state index contributed by atoms with van der Waals surface area (Å²) in [5, 5.41) is 8.66. The molecule has 17 heavy (non-hydrogen) atoms. The topological polar surface area (TPSA) is 83.5 Å². The molecule has 0 aromatic rings. The van der Waals surface area contributed by atoms with E-state index in [2.05, 4.69) is 4.72 Å². The Morgan fingerprint density at radius 3 is 2.12 bits per heavy atom. The minimum Gasteiger partial charge on any atom is -0.480 e. The molecule has 1 aliphatic rings. The first-order chi connectivity index (χ1) is 7.64. The summed E-state index contributed by atoms with van der Waals surface area (Å²) in [7, 11) is -3.52. The lowest BCUT2D eigenvalue weighted by Gasteiger charge is -2.28. The van der Waals surface area contributed by atoms with Gasteiger partial charge in [0.25, 0.3) is 0 Å². The molecule has 5 nitrogen and oxygen atoms in total. The highest BCUT2D eigenvalue weighted by Crippen LogP contribution is 2.26. The third-order valence-corrected chi connectivity index (χ3v) is 5.05. The monoisotopic (exact) mass is 263 g/mol. The van der Waals surface area contributed by atoms with Gasteiger partial charge >= 0.3 is 5.97 Å². The van der Waals surface area contributed by atoms with Gasteiger partial charge in [0.05, 0.1) is 5.25 Å². The molecule has 1 fully saturated rings. The van der Waals surface area contributed by atoms with E-state index in [1.165, 1.54) is 0 Å². The lowest BCUT2D eigenvalue weighted by molar-refractivity contribution is -0.141. The molecule has 0 aromatic carbocycles. The van der Waals surface area contributed by atoms with Crippen molar-refractivity contribution in [3.05, 3.63) is 0 Å². The summed E-state index contributed by atoms with van der Waals surface area (Å²) in [6, 6.07) is -1.08. The molecular formula is C11H21NO4S. The Balaban J connectivity index is 2.83. The van der Waals surface area contributed by atoms with Gasteiger partial charge in [-0.15, -0.1) is 0 Å². The van der Waals surface area contributed by atoms with Crippen LogP contribution in [0.1, 0.15) is 46.5 Å². The molecule has 6 heteroatoms. The number of hydrogen-bond donors (Lipinski definition) is 2. The van der Waals surface area contributed by atoms with Crippen LogP contribution in [0, 0.1) is 5.41 Å². The molecule has 0 spiro atoms. The molecule has 1 saturated carbocycles. The standard InChI is InChI=1S/C11H21NO4S/c1-11(2,3)9(10(13)14)12-17(15,16)8-6-4-5-7-8/h8-9,12H,4-7H2,1-3H3,(H,13,14). The van der Waals surface area contributed by atoms with Gasteiger partial charge in [-0.1, -0.05) is 33.6 Å². The zero-order valence-electron chi connectivity index (χ0n) is 10.6. The minimum atomic E-state index is -3.52. The summed E-state index contributed by atoms with van der Waals surface area (Å²) in [5.41, 5.74) is -0.641. The first kappa shape index (κ1) is 14.4. The highest BCUT2D eigenvalue weighted by Gasteiger charge is 2.38. The molecule has 0 radical (unpaired) electrons. The quantitative estimate of drug-likeness (QED) is 0.802. The van der Waals surface area contributed by atoms with E-state index in [9.17, 15) is 13.2 Å². The van der Waals surface area contributed by atoms with Gasteiger partial charge in [-0.3, -0.25) is 4.79 Å². The average molecular weight is 263 g/mol. The molecule has 0 amide bonds. The van der Waals surface area contributed by atoms with Crippen LogP contribution >= 0.6 is 0 Å². The molecule has 2 N–H and O–H groups in total. The maximum absolute atomic E-state index is 12.0. The summed E-state index contributed by atoms with van der Waals surface area (Å²) < 4.78 is 26.4. The average Bonchev–Trinajstić information content (AvgIpc) is 2.65. The number of carbonyl (C=O) groups is 1. The first-order valence-corrected chi connectivity index (χ1v) is 7.43. The van der Waals surface area contributed by atoms with Crippen molar-refractivity contribution in [2.75, 3.05) is 0 Å². The second-order valence-electron chi connectivity index (χ2n) is 5.71. The van der Waals surface area contributed by atoms with Gasteiger partial charge < -0.3 is 5.11 Å². The number of carboxylic acid groups (broad SMARTS) is 1. The molecule has 1 aliphatic carbocycles. The van der Waals surface area contributed by atoms with Crippen LogP contribution in [0.4, 0.5) is 0 Å². The number of carboxylic acids is 1. The van der Waals surface area contributed by atoms with Gasteiger partial charge in [0.15, 0.2) is 0 Å². The predicted molar refractivity (Wildman–Crippen MR) is 65.2 cm³/mol. The number of hydrogen-bond acceptors (Lipinski definition) is 3. The summed E-state index contributed by atoms with van der Waals surface area (Å²) in [6.45, 7) is 5.13. The molecule has 0 aromatic heterocycles. The Morgan fingerprint density at radius 1 is 1.29 bits per heavy atom. The van der Waals surface area contributed by atoms with Crippen LogP contribution in [-0.4, -0.2) is 30.8 Å². The van der Waals surface area contributed by atoms with Crippen molar-refractivity contribution in [3.8, 4) is 0 Å². The molecule has 0 aliphatic heterocycles. The number of aliphatic carboxylic acids is 1. The Bertz CT molecular complexity index is 377. The van der Waals surface area contributed by atoms with Crippen molar-refractivity contribution < 1.29 is 18.3 Å². The fraction of sp³-hybridized carbons (Fsp3) is 0.909. The summed E-state index contributed by atoms with van der Waals surface area (Å²) in [5.74, 6) is -1.13. The van der Waals surface area contributed by atoms with Crippen molar-refractivity contribution in [1.29, 1.82) is 0 Å². The van der Waals surface area contributed by atoms with E-state index in [-0.39, 0.29) is 0 Å². The van der Waals surface area contributed by atoms with Crippen LogP contribution in [0.25, 0.3) is 0 Å². The summed E-state index contributed by atoms with van der Waals surface area (Å²) in [4.78, 5) is 11.1. The van der Waals surface area contributed by atoms with Crippen LogP contribution in [0.15, 0.2) is 0 Å². The molecule has 1 atom stereocenters. The number of nitrogens with one attached hydrogen (secondary N) is 1. The zero-order chi connectivity index (χ0) is 13.3. The number of sulfonamides is 1. The summed E-state index contributed by atoms with van der Waals surface area (Å²) in [6.07, 6.45) is 3.06. The van der Waals surface area contributed by atoms with Crippen LogP contribution in [0.5, 0.6) is 0 Å². The Hall–Kier alpha value is -0.620. The van der Waals surface area contributed by atoms with Gasteiger partial charge in [0.2, 0.25) is 10.0 Å². The van der Waals surface area contributed by atoms with E-state index in [0.717, 1.165) is 12.8 Å². The van der Waals surface area contributed by atoms with Crippen molar-refractivity contribution in [2.24, 2.45) is 5.41 Å². The van der Waals surface area contributed by atoms with Gasteiger partial charge in [0, 0.05) is 0 Å². The van der Waals surface area contributed by atoms with Crippen molar-refractivity contribution in [3.63, 3.8) is 0 Å². The normalized spacial score (nSPS) is 20.4. The van der Waals surface area contributed by atoms with Crippen LogP contribution in [0.3, 0.4) is 0 Å². The molecule has 1 unspecified atom stereocenters. The largest absolute Gasteiger partial charge is 0.480 e. The fourth-order valence-electron chi connectivity index (χ4n) is 2.06. The maximum atomic E-state index is 12.0. The SMILES string of the molecule is CC(C)(C)C(NS(=O)(=O)C1CCCC1)C(=O)O. The Kier molecular flexibility index (Phi) is 4.19. The van der Waals surface area contributed by atoms with Crippen LogP contribution < -0.4 is 4.72 Å². The Morgan fingerprint density at radius 2 is 1.76 bits per heavy atom. The molecular weight excluding hydrogens is 242 g/mol. The second kappa shape index (κ2) is 4.94.